The van der Waals surface area contributed by atoms with E-state index >= 15 is 0 Å². The van der Waals surface area contributed by atoms with Crippen molar-refractivity contribution in [3.8, 4) is 5.75 Å². The van der Waals surface area contributed by atoms with Crippen LogP contribution in [0, 0.1) is 0 Å². The Morgan fingerprint density at radius 3 is 2.77 bits per heavy atom. The Balaban J connectivity index is 2.23. The molecule has 6 nitrogen and oxygen atoms in total. The predicted octanol–water partition coefficient (Wildman–Crippen LogP) is 2.26. The summed E-state index contributed by atoms with van der Waals surface area (Å²) >= 11 is 6.83. The number of ether oxygens (including phenoxy) is 1. The zero-order chi connectivity index (χ0) is 16.3. The molecule has 1 aromatic rings. The van der Waals surface area contributed by atoms with Gasteiger partial charge < -0.3 is 10.5 Å². The van der Waals surface area contributed by atoms with Crippen molar-refractivity contribution < 1.29 is 19.1 Å². The second-order valence-corrected chi connectivity index (χ2v) is 5.76. The molecule has 8 heteroatoms. The summed E-state index contributed by atoms with van der Waals surface area (Å²) in [5.74, 6) is -0.741. The van der Waals surface area contributed by atoms with Crippen LogP contribution in [0.1, 0.15) is 12.5 Å². The fraction of sp³-hybridized carbons (Fsp3) is 0.214. The van der Waals surface area contributed by atoms with E-state index in [1.807, 2.05) is 6.92 Å². The number of carbonyl (C=O) groups is 3. The van der Waals surface area contributed by atoms with E-state index in [9.17, 15) is 14.4 Å². The van der Waals surface area contributed by atoms with Gasteiger partial charge in [0.05, 0.1) is 16.5 Å². The molecular weight excluding hydrogens is 328 g/mol. The van der Waals surface area contributed by atoms with E-state index in [1.54, 1.807) is 18.2 Å². The lowest BCUT2D eigenvalue weighted by molar-refractivity contribution is -0.127. The van der Waals surface area contributed by atoms with Gasteiger partial charge in [-0.05, 0) is 42.5 Å². The number of halogens is 1. The largest absolute Gasteiger partial charge is 0.492 e. The number of rotatable bonds is 5. The average Bonchev–Trinajstić information content (AvgIpc) is 2.69. The molecule has 1 aromatic carbocycles. The lowest BCUT2D eigenvalue weighted by Gasteiger charge is -2.08. The van der Waals surface area contributed by atoms with Crippen molar-refractivity contribution in [2.45, 2.75) is 6.92 Å². The van der Waals surface area contributed by atoms with Crippen LogP contribution in [0.15, 0.2) is 23.1 Å². The highest BCUT2D eigenvalue weighted by Gasteiger charge is 2.35. The van der Waals surface area contributed by atoms with Crippen LogP contribution in [0.4, 0.5) is 4.79 Å². The van der Waals surface area contributed by atoms with Crippen LogP contribution in [0.2, 0.25) is 5.02 Å². The standard InChI is InChI=1S/C14H13ClN2O4S/c1-2-21-10-4-3-8(5-9(10)15)6-11-13(19)17(7-12(16)18)14(20)22-11/h3-6H,2,7H2,1H3,(H2,16,18)/b11-6-. The van der Waals surface area contributed by atoms with E-state index < -0.39 is 23.6 Å². The molecule has 1 aliphatic heterocycles. The van der Waals surface area contributed by atoms with E-state index in [0.717, 1.165) is 16.7 Å². The van der Waals surface area contributed by atoms with Gasteiger partial charge in [-0.25, -0.2) is 0 Å². The topological polar surface area (TPSA) is 89.7 Å². The Morgan fingerprint density at radius 2 is 2.18 bits per heavy atom. The number of amides is 3. The van der Waals surface area contributed by atoms with Crippen molar-refractivity contribution in [3.63, 3.8) is 0 Å². The van der Waals surface area contributed by atoms with Gasteiger partial charge in [0, 0.05) is 0 Å². The molecule has 1 heterocycles. The van der Waals surface area contributed by atoms with Crippen molar-refractivity contribution >= 4 is 46.5 Å². The average molecular weight is 341 g/mol. The van der Waals surface area contributed by atoms with E-state index in [0.29, 0.717) is 22.9 Å². The first kappa shape index (κ1) is 16.4. The molecule has 0 unspecified atom stereocenters. The third-order valence-corrected chi connectivity index (χ3v) is 3.94. The quantitative estimate of drug-likeness (QED) is 0.830. The zero-order valence-corrected chi connectivity index (χ0v) is 13.2. The molecule has 0 aromatic heterocycles. The number of nitrogens with zero attached hydrogens (tertiary/aromatic N) is 1. The minimum atomic E-state index is -0.743. The molecule has 2 rings (SSSR count). The van der Waals surface area contributed by atoms with E-state index in [4.69, 9.17) is 22.1 Å². The number of hydrogen-bond donors (Lipinski definition) is 1. The van der Waals surface area contributed by atoms with Crippen LogP contribution in [0.5, 0.6) is 5.75 Å². The molecular formula is C14H13ClN2O4S. The smallest absolute Gasteiger partial charge is 0.294 e. The summed E-state index contributed by atoms with van der Waals surface area (Å²) in [5, 5.41) is -0.112. The third kappa shape index (κ3) is 3.61. The number of hydrogen-bond acceptors (Lipinski definition) is 5. The SMILES string of the molecule is CCOc1ccc(/C=C2\SC(=O)N(CC(N)=O)C2=O)cc1Cl. The van der Waals surface area contributed by atoms with Gasteiger partial charge in [-0.3, -0.25) is 19.3 Å². The van der Waals surface area contributed by atoms with Crippen molar-refractivity contribution in [1.29, 1.82) is 0 Å². The maximum atomic E-state index is 12.1. The Hall–Kier alpha value is -1.99. The van der Waals surface area contributed by atoms with E-state index in [-0.39, 0.29) is 4.91 Å². The first-order chi connectivity index (χ1) is 10.4. The lowest BCUT2D eigenvalue weighted by Crippen LogP contribution is -2.36. The molecule has 0 aliphatic carbocycles. The van der Waals surface area contributed by atoms with Gasteiger partial charge in [0.1, 0.15) is 12.3 Å². The van der Waals surface area contributed by atoms with Gasteiger partial charge in [0.25, 0.3) is 11.1 Å². The normalized spacial score (nSPS) is 16.5. The van der Waals surface area contributed by atoms with Crippen LogP contribution >= 0.6 is 23.4 Å². The maximum absolute atomic E-state index is 12.1. The molecule has 0 atom stereocenters. The number of benzene rings is 1. The van der Waals surface area contributed by atoms with Crippen LogP contribution in [0.25, 0.3) is 6.08 Å². The summed E-state index contributed by atoms with van der Waals surface area (Å²) in [6, 6.07) is 5.04. The van der Waals surface area contributed by atoms with Gasteiger partial charge in [0.2, 0.25) is 5.91 Å². The Morgan fingerprint density at radius 1 is 1.45 bits per heavy atom. The van der Waals surface area contributed by atoms with Crippen LogP contribution in [-0.2, 0) is 9.59 Å². The summed E-state index contributed by atoms with van der Waals surface area (Å²) in [6.45, 7) is 1.91. The summed E-state index contributed by atoms with van der Waals surface area (Å²) < 4.78 is 5.32. The number of thioether (sulfide) groups is 1. The van der Waals surface area contributed by atoms with Gasteiger partial charge in [-0.2, -0.15) is 0 Å². The summed E-state index contributed by atoms with van der Waals surface area (Å²) in [6.07, 6.45) is 1.54. The van der Waals surface area contributed by atoms with Crippen LogP contribution in [-0.4, -0.2) is 35.1 Å². The number of carbonyl (C=O) groups excluding carboxylic acids is 3. The zero-order valence-electron chi connectivity index (χ0n) is 11.7. The molecule has 1 aliphatic rings. The molecule has 1 saturated heterocycles. The number of nitrogens with two attached hydrogens (primary N) is 1. The second-order valence-electron chi connectivity index (χ2n) is 4.36. The summed E-state index contributed by atoms with van der Waals surface area (Å²) in [4.78, 5) is 35.7. The van der Waals surface area contributed by atoms with Crippen molar-refractivity contribution in [1.82, 2.24) is 4.90 Å². The van der Waals surface area contributed by atoms with Crippen LogP contribution in [0.3, 0.4) is 0 Å². The highest BCUT2D eigenvalue weighted by atomic mass is 35.5. The lowest BCUT2D eigenvalue weighted by atomic mass is 10.2. The fourth-order valence-corrected chi connectivity index (χ4v) is 2.90. The molecule has 22 heavy (non-hydrogen) atoms. The fourth-order valence-electron chi connectivity index (χ4n) is 1.82. The van der Waals surface area contributed by atoms with Gasteiger partial charge in [-0.15, -0.1) is 0 Å². The third-order valence-electron chi connectivity index (χ3n) is 2.74. The van der Waals surface area contributed by atoms with E-state index in [2.05, 4.69) is 0 Å². The van der Waals surface area contributed by atoms with Crippen molar-refractivity contribution in [2.75, 3.05) is 13.2 Å². The van der Waals surface area contributed by atoms with Crippen molar-refractivity contribution in [3.05, 3.63) is 33.7 Å². The maximum Gasteiger partial charge on any atom is 0.294 e. The molecule has 3 amide bonds. The highest BCUT2D eigenvalue weighted by Crippen LogP contribution is 2.33. The summed E-state index contributed by atoms with van der Waals surface area (Å²) in [7, 11) is 0. The second kappa shape index (κ2) is 6.85. The first-order valence-corrected chi connectivity index (χ1v) is 7.58. The Bertz CT molecular complexity index is 675. The monoisotopic (exact) mass is 340 g/mol. The van der Waals surface area contributed by atoms with E-state index in [1.165, 1.54) is 6.08 Å². The van der Waals surface area contributed by atoms with Crippen molar-refractivity contribution in [2.24, 2.45) is 5.73 Å². The number of imide groups is 1. The predicted molar refractivity (Wildman–Crippen MR) is 84.5 cm³/mol. The van der Waals surface area contributed by atoms with Gasteiger partial charge in [-0.1, -0.05) is 17.7 Å². The Kier molecular flexibility index (Phi) is 5.10. The van der Waals surface area contributed by atoms with Gasteiger partial charge in [0.15, 0.2) is 0 Å². The molecule has 116 valence electrons. The van der Waals surface area contributed by atoms with Crippen LogP contribution < -0.4 is 10.5 Å². The Labute approximate surface area is 136 Å². The molecule has 0 bridgehead atoms. The molecule has 2 N–H and O–H groups in total. The number of primary amides is 1. The first-order valence-electron chi connectivity index (χ1n) is 6.38. The summed E-state index contributed by atoms with van der Waals surface area (Å²) in [5.41, 5.74) is 5.67. The molecule has 0 radical (unpaired) electrons. The minimum absolute atomic E-state index is 0.214. The molecule has 0 spiro atoms. The highest BCUT2D eigenvalue weighted by molar-refractivity contribution is 8.18. The molecule has 1 fully saturated rings. The molecule has 0 saturated carbocycles. The van der Waals surface area contributed by atoms with Gasteiger partial charge >= 0.3 is 0 Å². The minimum Gasteiger partial charge on any atom is -0.492 e.